The lowest BCUT2D eigenvalue weighted by molar-refractivity contribution is 0.163. The Labute approximate surface area is 140 Å². The van der Waals surface area contributed by atoms with Crippen molar-refractivity contribution in [1.29, 1.82) is 0 Å². The first-order valence-corrected chi connectivity index (χ1v) is 8.50. The molecule has 116 valence electrons. The minimum absolute atomic E-state index is 0.480. The fourth-order valence-electron chi connectivity index (χ4n) is 2.96. The molecule has 0 spiro atoms. The molecule has 2 unspecified atom stereocenters. The van der Waals surface area contributed by atoms with Crippen LogP contribution in [0.3, 0.4) is 0 Å². The van der Waals surface area contributed by atoms with Crippen LogP contribution in [0.5, 0.6) is 0 Å². The third-order valence-electron chi connectivity index (χ3n) is 4.16. The second-order valence-electron chi connectivity index (χ2n) is 5.93. The second-order valence-corrected chi connectivity index (χ2v) is 6.85. The molecule has 2 aromatic heterocycles. The van der Waals surface area contributed by atoms with Gasteiger partial charge in [0.25, 0.3) is 0 Å². The molecule has 3 heterocycles. The van der Waals surface area contributed by atoms with Gasteiger partial charge in [0.2, 0.25) is 0 Å². The van der Waals surface area contributed by atoms with E-state index in [0.717, 1.165) is 42.0 Å². The maximum Gasteiger partial charge on any atom is 0.126 e. The number of nitrogens with one attached hydrogen (secondary N) is 1. The van der Waals surface area contributed by atoms with Gasteiger partial charge in [-0.25, -0.2) is 4.98 Å². The van der Waals surface area contributed by atoms with E-state index < -0.39 is 0 Å². The molecule has 0 aromatic carbocycles. The molecule has 0 bridgehead atoms. The van der Waals surface area contributed by atoms with E-state index in [1.165, 1.54) is 0 Å². The number of hydrogen-bond acceptors (Lipinski definition) is 4. The van der Waals surface area contributed by atoms with Crippen LogP contribution in [-0.2, 0) is 6.54 Å². The van der Waals surface area contributed by atoms with Gasteiger partial charge in [-0.15, -0.1) is 0 Å². The first kappa shape index (κ1) is 15.4. The molecule has 0 radical (unpaired) electrons. The van der Waals surface area contributed by atoms with Gasteiger partial charge in [-0.2, -0.15) is 0 Å². The smallest absolute Gasteiger partial charge is 0.126 e. The number of hydrogen-bond donors (Lipinski definition) is 1. The van der Waals surface area contributed by atoms with Crippen LogP contribution in [0.1, 0.15) is 19.0 Å². The average Bonchev–Trinajstić information content (AvgIpc) is 2.53. The lowest BCUT2D eigenvalue weighted by Gasteiger charge is -2.37. The molecule has 4 nitrogen and oxygen atoms in total. The fourth-order valence-corrected chi connectivity index (χ4v) is 3.20. The van der Waals surface area contributed by atoms with E-state index >= 15 is 0 Å². The van der Waals surface area contributed by atoms with Crippen LogP contribution < -0.4 is 5.32 Å². The maximum atomic E-state index is 4.42. The van der Waals surface area contributed by atoms with Crippen LogP contribution in [0.15, 0.2) is 47.2 Å². The largest absolute Gasteiger partial charge is 0.367 e. The van der Waals surface area contributed by atoms with Crippen molar-refractivity contribution in [2.24, 2.45) is 5.92 Å². The third-order valence-corrected chi connectivity index (χ3v) is 4.63. The van der Waals surface area contributed by atoms with E-state index in [1.54, 1.807) is 0 Å². The molecule has 1 fully saturated rings. The zero-order valence-corrected chi connectivity index (χ0v) is 14.3. The van der Waals surface area contributed by atoms with Crippen molar-refractivity contribution in [3.63, 3.8) is 0 Å². The van der Waals surface area contributed by atoms with Crippen molar-refractivity contribution < 1.29 is 0 Å². The normalized spacial score (nSPS) is 22.5. The molecule has 2 atom stereocenters. The van der Waals surface area contributed by atoms with Crippen LogP contribution in [0.4, 0.5) is 5.82 Å². The van der Waals surface area contributed by atoms with Crippen LogP contribution in [-0.4, -0.2) is 34.0 Å². The van der Waals surface area contributed by atoms with Crippen LogP contribution in [0.2, 0.25) is 0 Å². The highest BCUT2D eigenvalue weighted by Crippen LogP contribution is 2.22. The summed E-state index contributed by atoms with van der Waals surface area (Å²) in [7, 11) is 0. The minimum atomic E-state index is 0.480. The quantitative estimate of drug-likeness (QED) is 0.904. The molecular weight excluding hydrogens is 340 g/mol. The van der Waals surface area contributed by atoms with Crippen molar-refractivity contribution >= 4 is 21.7 Å². The Morgan fingerprint density at radius 1 is 1.27 bits per heavy atom. The number of anilines is 1. The summed E-state index contributed by atoms with van der Waals surface area (Å²) in [6, 6.07) is 10.6. The van der Waals surface area contributed by atoms with Crippen molar-refractivity contribution in [2.75, 3.05) is 18.4 Å². The van der Waals surface area contributed by atoms with Crippen molar-refractivity contribution in [2.45, 2.75) is 25.9 Å². The Hall–Kier alpha value is -1.46. The van der Waals surface area contributed by atoms with Crippen molar-refractivity contribution in [1.82, 2.24) is 14.9 Å². The Bertz CT molecular complexity index is 587. The Kier molecular flexibility index (Phi) is 5.05. The number of rotatable bonds is 4. The molecule has 5 heteroatoms. The predicted molar refractivity (Wildman–Crippen MR) is 92.6 cm³/mol. The van der Waals surface area contributed by atoms with Crippen molar-refractivity contribution in [3.05, 3.63) is 52.9 Å². The van der Waals surface area contributed by atoms with Gasteiger partial charge in [-0.05, 0) is 52.5 Å². The highest BCUT2D eigenvalue weighted by Gasteiger charge is 2.26. The molecule has 22 heavy (non-hydrogen) atoms. The summed E-state index contributed by atoms with van der Waals surface area (Å²) < 4.78 is 1.01. The molecule has 0 amide bonds. The summed E-state index contributed by atoms with van der Waals surface area (Å²) in [6.45, 7) is 5.43. The Morgan fingerprint density at radius 2 is 2.18 bits per heavy atom. The second kappa shape index (κ2) is 7.20. The monoisotopic (exact) mass is 360 g/mol. The summed E-state index contributed by atoms with van der Waals surface area (Å²) in [5.74, 6) is 1.54. The predicted octanol–water partition coefficient (Wildman–Crippen LogP) is 3.56. The lowest BCUT2D eigenvalue weighted by Crippen LogP contribution is -2.45. The van der Waals surface area contributed by atoms with Crippen LogP contribution in [0, 0.1) is 5.92 Å². The molecule has 1 aliphatic heterocycles. The number of halogens is 1. The SMILES string of the molecule is CC1CN(Cc2ccccn2)CCC1Nc1ccc(Br)cn1. The topological polar surface area (TPSA) is 41.1 Å². The van der Waals surface area contributed by atoms with E-state index in [2.05, 4.69) is 55.2 Å². The average molecular weight is 361 g/mol. The van der Waals surface area contributed by atoms with Gasteiger partial charge in [0.05, 0.1) is 5.69 Å². The van der Waals surface area contributed by atoms with E-state index in [9.17, 15) is 0 Å². The summed E-state index contributed by atoms with van der Waals surface area (Å²) in [5.41, 5.74) is 1.15. The minimum Gasteiger partial charge on any atom is -0.367 e. The first-order valence-electron chi connectivity index (χ1n) is 7.71. The number of likely N-dealkylation sites (tertiary alicyclic amines) is 1. The molecule has 0 aliphatic carbocycles. The number of aromatic nitrogens is 2. The highest BCUT2D eigenvalue weighted by atomic mass is 79.9. The Balaban J connectivity index is 1.54. The molecule has 1 N–H and O–H groups in total. The number of nitrogens with zero attached hydrogens (tertiary/aromatic N) is 3. The zero-order chi connectivity index (χ0) is 15.4. The van der Waals surface area contributed by atoms with Gasteiger partial charge in [0, 0.05) is 42.5 Å². The van der Waals surface area contributed by atoms with E-state index in [0.29, 0.717) is 12.0 Å². The maximum absolute atomic E-state index is 4.42. The Morgan fingerprint density at radius 3 is 2.86 bits per heavy atom. The number of pyridine rings is 2. The van der Waals surface area contributed by atoms with Gasteiger partial charge >= 0.3 is 0 Å². The van der Waals surface area contributed by atoms with E-state index in [4.69, 9.17) is 0 Å². The van der Waals surface area contributed by atoms with Crippen molar-refractivity contribution in [3.8, 4) is 0 Å². The fraction of sp³-hybridized carbons (Fsp3) is 0.412. The first-order chi connectivity index (χ1) is 10.7. The van der Waals surface area contributed by atoms with Gasteiger partial charge < -0.3 is 5.32 Å². The van der Waals surface area contributed by atoms with Gasteiger partial charge in [-0.3, -0.25) is 9.88 Å². The van der Waals surface area contributed by atoms with Gasteiger partial charge in [0.15, 0.2) is 0 Å². The highest BCUT2D eigenvalue weighted by molar-refractivity contribution is 9.10. The summed E-state index contributed by atoms with van der Waals surface area (Å²) in [6.07, 6.45) is 4.83. The molecule has 3 rings (SSSR count). The van der Waals surface area contributed by atoms with Crippen LogP contribution >= 0.6 is 15.9 Å². The van der Waals surface area contributed by atoms with Gasteiger partial charge in [-0.1, -0.05) is 13.0 Å². The molecule has 0 saturated carbocycles. The van der Waals surface area contributed by atoms with Crippen LogP contribution in [0.25, 0.3) is 0 Å². The molecule has 1 aliphatic rings. The van der Waals surface area contributed by atoms with E-state index in [1.807, 2.05) is 30.6 Å². The van der Waals surface area contributed by atoms with E-state index in [-0.39, 0.29) is 0 Å². The third kappa shape index (κ3) is 4.05. The molecule has 1 saturated heterocycles. The lowest BCUT2D eigenvalue weighted by atomic mass is 9.93. The van der Waals surface area contributed by atoms with Gasteiger partial charge in [0.1, 0.15) is 5.82 Å². The zero-order valence-electron chi connectivity index (χ0n) is 12.7. The summed E-state index contributed by atoms with van der Waals surface area (Å²) in [5, 5.41) is 3.57. The summed E-state index contributed by atoms with van der Waals surface area (Å²) in [4.78, 5) is 11.3. The molecular formula is C17H21BrN4. The number of piperidine rings is 1. The summed E-state index contributed by atoms with van der Waals surface area (Å²) >= 11 is 3.42. The standard InChI is InChI=1S/C17H21BrN4/c1-13-11-22(12-15-4-2-3-8-19-15)9-7-16(13)21-17-6-5-14(18)10-20-17/h2-6,8,10,13,16H,7,9,11-12H2,1H3,(H,20,21). The molecule has 2 aromatic rings.